The van der Waals surface area contributed by atoms with Gasteiger partial charge in [0.05, 0.1) is 6.54 Å². The number of terminal acetylenes is 1. The third kappa shape index (κ3) is 1.21. The molecule has 0 unspecified atom stereocenters. The number of imidazole rings is 1. The van der Waals surface area contributed by atoms with Crippen molar-refractivity contribution in [3.05, 3.63) is 12.7 Å². The SMILES string of the molecule is C#CCNn1cnc2c(N)ncnc21. The molecular formula is C8H8N6. The lowest BCUT2D eigenvalue weighted by atomic mass is 10.5. The summed E-state index contributed by atoms with van der Waals surface area (Å²) in [5.74, 6) is 2.81. The normalized spacial score (nSPS) is 9.93. The van der Waals surface area contributed by atoms with Crippen LogP contribution in [0.15, 0.2) is 12.7 Å². The first-order chi connectivity index (χ1) is 6.83. The third-order valence-electron chi connectivity index (χ3n) is 1.71. The summed E-state index contributed by atoms with van der Waals surface area (Å²) < 4.78 is 1.62. The van der Waals surface area contributed by atoms with Crippen LogP contribution in [0.3, 0.4) is 0 Å². The van der Waals surface area contributed by atoms with Crippen LogP contribution in [-0.4, -0.2) is 26.2 Å². The van der Waals surface area contributed by atoms with E-state index in [9.17, 15) is 0 Å². The summed E-state index contributed by atoms with van der Waals surface area (Å²) in [5.41, 5.74) is 9.70. The number of hydrogen-bond acceptors (Lipinski definition) is 5. The van der Waals surface area contributed by atoms with E-state index in [2.05, 4.69) is 26.3 Å². The number of rotatable bonds is 2. The van der Waals surface area contributed by atoms with Crippen molar-refractivity contribution in [2.45, 2.75) is 0 Å². The van der Waals surface area contributed by atoms with Gasteiger partial charge in [0.25, 0.3) is 0 Å². The van der Waals surface area contributed by atoms with Crippen LogP contribution in [0, 0.1) is 12.3 Å². The fourth-order valence-electron chi connectivity index (χ4n) is 1.10. The average molecular weight is 188 g/mol. The van der Waals surface area contributed by atoms with Crippen LogP contribution in [0.2, 0.25) is 0 Å². The number of anilines is 1. The number of aromatic nitrogens is 4. The van der Waals surface area contributed by atoms with E-state index in [0.717, 1.165) is 0 Å². The van der Waals surface area contributed by atoms with E-state index >= 15 is 0 Å². The molecule has 0 amide bonds. The van der Waals surface area contributed by atoms with Crippen molar-refractivity contribution in [1.82, 2.24) is 19.6 Å². The van der Waals surface area contributed by atoms with Crippen molar-refractivity contribution in [3.8, 4) is 12.3 Å². The molecule has 0 bridgehead atoms. The first kappa shape index (κ1) is 8.31. The Balaban J connectivity index is 2.48. The van der Waals surface area contributed by atoms with Crippen LogP contribution < -0.4 is 11.2 Å². The van der Waals surface area contributed by atoms with Crippen molar-refractivity contribution >= 4 is 17.0 Å². The summed E-state index contributed by atoms with van der Waals surface area (Å²) in [6.45, 7) is 0.398. The topological polar surface area (TPSA) is 81.7 Å². The van der Waals surface area contributed by atoms with E-state index < -0.39 is 0 Å². The molecule has 3 N–H and O–H groups in total. The maximum Gasteiger partial charge on any atom is 0.184 e. The largest absolute Gasteiger partial charge is 0.382 e. The molecule has 0 saturated carbocycles. The van der Waals surface area contributed by atoms with E-state index in [1.54, 1.807) is 11.0 Å². The molecule has 2 aromatic rings. The maximum absolute atomic E-state index is 5.60. The molecule has 70 valence electrons. The van der Waals surface area contributed by atoms with Gasteiger partial charge in [-0.05, 0) is 0 Å². The van der Waals surface area contributed by atoms with Gasteiger partial charge in [-0.3, -0.25) is 0 Å². The summed E-state index contributed by atoms with van der Waals surface area (Å²) in [4.78, 5) is 11.9. The van der Waals surface area contributed by atoms with Crippen molar-refractivity contribution in [3.63, 3.8) is 0 Å². The van der Waals surface area contributed by atoms with Crippen molar-refractivity contribution < 1.29 is 0 Å². The molecular weight excluding hydrogens is 180 g/mol. The Hall–Kier alpha value is -2.29. The number of nitrogens with one attached hydrogen (secondary N) is 1. The van der Waals surface area contributed by atoms with Gasteiger partial charge in [-0.2, -0.15) is 0 Å². The van der Waals surface area contributed by atoms with Gasteiger partial charge in [0.1, 0.15) is 12.7 Å². The van der Waals surface area contributed by atoms with E-state index in [1.807, 2.05) is 0 Å². The molecule has 0 aliphatic heterocycles. The minimum absolute atomic E-state index is 0.358. The predicted molar refractivity (Wildman–Crippen MR) is 52.8 cm³/mol. The predicted octanol–water partition coefficient (Wildman–Crippen LogP) is -0.415. The van der Waals surface area contributed by atoms with Crippen molar-refractivity contribution in [1.29, 1.82) is 0 Å². The van der Waals surface area contributed by atoms with Gasteiger partial charge in [0.15, 0.2) is 17.0 Å². The second-order valence-corrected chi connectivity index (χ2v) is 2.58. The van der Waals surface area contributed by atoms with E-state index in [4.69, 9.17) is 12.2 Å². The molecule has 0 aliphatic rings. The molecule has 14 heavy (non-hydrogen) atoms. The lowest BCUT2D eigenvalue weighted by molar-refractivity contribution is 0.909. The van der Waals surface area contributed by atoms with Crippen molar-refractivity contribution in [2.75, 3.05) is 17.7 Å². The lowest BCUT2D eigenvalue weighted by Crippen LogP contribution is -2.14. The van der Waals surface area contributed by atoms with Crippen molar-refractivity contribution in [2.24, 2.45) is 0 Å². The lowest BCUT2D eigenvalue weighted by Gasteiger charge is -2.02. The Labute approximate surface area is 80.1 Å². The van der Waals surface area contributed by atoms with Gasteiger partial charge in [-0.15, -0.1) is 6.42 Å². The summed E-state index contributed by atoms with van der Waals surface area (Å²) in [7, 11) is 0. The number of nitrogen functional groups attached to an aromatic ring is 1. The third-order valence-corrected chi connectivity index (χ3v) is 1.71. The van der Waals surface area contributed by atoms with E-state index in [0.29, 0.717) is 23.5 Å². The number of nitrogens with zero attached hydrogens (tertiary/aromatic N) is 4. The Morgan fingerprint density at radius 1 is 1.50 bits per heavy atom. The molecule has 6 nitrogen and oxygen atoms in total. The van der Waals surface area contributed by atoms with Gasteiger partial charge in [-0.1, -0.05) is 5.92 Å². The number of fused-ring (bicyclic) bond motifs is 1. The summed E-state index contributed by atoms with van der Waals surface area (Å²) >= 11 is 0. The fraction of sp³-hybridized carbons (Fsp3) is 0.125. The minimum atomic E-state index is 0.358. The zero-order valence-electron chi connectivity index (χ0n) is 7.31. The second kappa shape index (κ2) is 3.22. The first-order valence-corrected chi connectivity index (χ1v) is 3.94. The van der Waals surface area contributed by atoms with Crippen LogP contribution in [0.4, 0.5) is 5.82 Å². The van der Waals surface area contributed by atoms with Crippen LogP contribution in [-0.2, 0) is 0 Å². The fourth-order valence-corrected chi connectivity index (χ4v) is 1.10. The zero-order chi connectivity index (χ0) is 9.97. The van der Waals surface area contributed by atoms with Gasteiger partial charge < -0.3 is 11.2 Å². The highest BCUT2D eigenvalue weighted by Gasteiger charge is 2.06. The molecule has 0 fully saturated rings. The highest BCUT2D eigenvalue weighted by molar-refractivity contribution is 5.81. The highest BCUT2D eigenvalue weighted by atomic mass is 15.4. The standard InChI is InChI=1S/C8H8N6/c1-2-3-13-14-5-12-6-7(9)10-4-11-8(6)14/h1,4-5,13H,3H2,(H2,9,10,11). The first-order valence-electron chi connectivity index (χ1n) is 3.94. The van der Waals surface area contributed by atoms with Crippen LogP contribution >= 0.6 is 0 Å². The minimum Gasteiger partial charge on any atom is -0.382 e. The Bertz CT molecular complexity index is 494. The Kier molecular flexibility index (Phi) is 1.91. The van der Waals surface area contributed by atoms with Crippen LogP contribution in [0.1, 0.15) is 0 Å². The van der Waals surface area contributed by atoms with E-state index in [1.165, 1.54) is 6.33 Å². The van der Waals surface area contributed by atoms with Crippen LogP contribution in [0.25, 0.3) is 11.2 Å². The monoisotopic (exact) mass is 188 g/mol. The molecule has 6 heteroatoms. The molecule has 0 atom stereocenters. The molecule has 0 aromatic carbocycles. The van der Waals surface area contributed by atoms with Crippen LogP contribution in [0.5, 0.6) is 0 Å². The van der Waals surface area contributed by atoms with Gasteiger partial charge in [0, 0.05) is 0 Å². The summed E-state index contributed by atoms with van der Waals surface area (Å²) in [6, 6.07) is 0. The smallest absolute Gasteiger partial charge is 0.184 e. The molecule has 0 radical (unpaired) electrons. The maximum atomic E-state index is 5.60. The molecule has 2 rings (SSSR count). The van der Waals surface area contributed by atoms with Gasteiger partial charge >= 0.3 is 0 Å². The van der Waals surface area contributed by atoms with Gasteiger partial charge in [-0.25, -0.2) is 19.6 Å². The quantitative estimate of drug-likeness (QED) is 0.626. The Morgan fingerprint density at radius 3 is 3.14 bits per heavy atom. The van der Waals surface area contributed by atoms with E-state index in [-0.39, 0.29) is 0 Å². The Morgan fingerprint density at radius 2 is 2.36 bits per heavy atom. The molecule has 0 aliphatic carbocycles. The molecule has 2 heterocycles. The number of nitrogens with two attached hydrogens (primary N) is 1. The molecule has 0 saturated heterocycles. The molecule has 0 spiro atoms. The summed E-state index contributed by atoms with van der Waals surface area (Å²) in [6.07, 6.45) is 8.06. The summed E-state index contributed by atoms with van der Waals surface area (Å²) in [5, 5.41) is 0. The highest BCUT2D eigenvalue weighted by Crippen LogP contribution is 2.12. The zero-order valence-corrected chi connectivity index (χ0v) is 7.31. The average Bonchev–Trinajstić information content (AvgIpc) is 2.60. The van der Waals surface area contributed by atoms with Gasteiger partial charge in [0.2, 0.25) is 0 Å². The second-order valence-electron chi connectivity index (χ2n) is 2.58. The molecule has 2 aromatic heterocycles. The number of hydrogen-bond donors (Lipinski definition) is 2.